The van der Waals surface area contributed by atoms with Gasteiger partial charge in [-0.05, 0) is 12.1 Å². The number of aromatic nitrogens is 9. The van der Waals surface area contributed by atoms with Crippen molar-refractivity contribution in [2.45, 2.75) is 19.8 Å². The fourth-order valence-corrected chi connectivity index (χ4v) is 6.38. The Hall–Kier alpha value is -7.65. The molecule has 0 N–H and O–H groups in total. The van der Waals surface area contributed by atoms with Crippen LogP contribution in [0.4, 0.5) is 0 Å². The first-order valence-corrected chi connectivity index (χ1v) is 18.8. The lowest BCUT2D eigenvalue weighted by atomic mass is 10.1. The van der Waals surface area contributed by atoms with E-state index in [4.69, 9.17) is 44.9 Å². The summed E-state index contributed by atoms with van der Waals surface area (Å²) in [5.41, 5.74) is 6.84. The van der Waals surface area contributed by atoms with Crippen molar-refractivity contribution in [2.75, 3.05) is 0 Å². The molecular formula is C48H35N9. The van der Waals surface area contributed by atoms with Gasteiger partial charge in [0.15, 0.2) is 46.6 Å². The molecule has 0 saturated heterocycles. The van der Waals surface area contributed by atoms with E-state index in [0.29, 0.717) is 46.6 Å². The molecule has 0 atom stereocenters. The maximum absolute atomic E-state index is 5.08. The smallest absolute Gasteiger partial charge is 0.164 e. The summed E-state index contributed by atoms with van der Waals surface area (Å²) in [4.78, 5) is 44.5. The molecule has 272 valence electrons. The largest absolute Gasteiger partial charge is 0.213 e. The average Bonchev–Trinajstić information content (AvgIpc) is 3.30. The van der Waals surface area contributed by atoms with Crippen LogP contribution < -0.4 is 0 Å². The number of hydrogen-bond donors (Lipinski definition) is 0. The minimum absolute atomic E-state index is 0.111. The summed E-state index contributed by atoms with van der Waals surface area (Å²) >= 11 is 0. The molecule has 0 unspecified atom stereocenters. The summed E-state index contributed by atoms with van der Waals surface area (Å²) in [6.45, 7) is 4.17. The van der Waals surface area contributed by atoms with Gasteiger partial charge in [0, 0.05) is 50.4 Å². The van der Waals surface area contributed by atoms with Crippen molar-refractivity contribution in [3.63, 3.8) is 0 Å². The quantitative estimate of drug-likeness (QED) is 0.143. The molecule has 0 bridgehead atoms. The van der Waals surface area contributed by atoms with Crippen molar-refractivity contribution >= 4 is 0 Å². The predicted octanol–water partition coefficient (Wildman–Crippen LogP) is 10.7. The van der Waals surface area contributed by atoms with Crippen LogP contribution in [0, 0.1) is 0 Å². The van der Waals surface area contributed by atoms with Gasteiger partial charge < -0.3 is 0 Å². The molecule has 0 spiro atoms. The lowest BCUT2D eigenvalue weighted by Gasteiger charge is -2.12. The Labute approximate surface area is 330 Å². The summed E-state index contributed by atoms with van der Waals surface area (Å²) in [6, 6.07) is 55.8. The Morgan fingerprint density at radius 1 is 0.246 bits per heavy atom. The normalized spacial score (nSPS) is 11.1. The van der Waals surface area contributed by atoms with Crippen LogP contribution >= 0.6 is 0 Å². The second kappa shape index (κ2) is 15.6. The fourth-order valence-electron chi connectivity index (χ4n) is 6.38. The van der Waals surface area contributed by atoms with E-state index in [1.165, 1.54) is 0 Å². The highest BCUT2D eigenvalue weighted by Crippen LogP contribution is 2.31. The van der Waals surface area contributed by atoms with Crippen LogP contribution in [0.1, 0.15) is 25.6 Å². The van der Waals surface area contributed by atoms with E-state index in [0.717, 1.165) is 50.3 Å². The van der Waals surface area contributed by atoms with Gasteiger partial charge in [0.2, 0.25) is 0 Å². The molecule has 0 radical (unpaired) electrons. The van der Waals surface area contributed by atoms with E-state index >= 15 is 0 Å². The standard InChI is InChI=1S/C48H35N9/c1-31(2)40-49-41(32-17-7-3-8-18-32)52-45(50-40)36-25-15-27-38(29-36)47-55-44(35-23-13-6-14-24-35)56-48(57-47)39-28-16-26-37(30-39)46-53-42(33-19-9-4-10-20-33)51-43(54-46)34-21-11-5-12-22-34/h3-31H,1-2H3. The number of hydrogen-bond acceptors (Lipinski definition) is 9. The van der Waals surface area contributed by atoms with Gasteiger partial charge in [-0.3, -0.25) is 0 Å². The third-order valence-corrected chi connectivity index (χ3v) is 9.33. The first-order valence-electron chi connectivity index (χ1n) is 18.8. The van der Waals surface area contributed by atoms with E-state index in [1.54, 1.807) is 0 Å². The predicted molar refractivity (Wildman–Crippen MR) is 224 cm³/mol. The van der Waals surface area contributed by atoms with Crippen molar-refractivity contribution in [3.05, 3.63) is 176 Å². The Kier molecular flexibility index (Phi) is 9.60. The van der Waals surface area contributed by atoms with Crippen molar-refractivity contribution in [3.8, 4) is 91.1 Å². The van der Waals surface area contributed by atoms with E-state index in [9.17, 15) is 0 Å². The first-order chi connectivity index (χ1) is 28.0. The van der Waals surface area contributed by atoms with E-state index in [2.05, 4.69) is 13.8 Å². The molecular weight excluding hydrogens is 703 g/mol. The topological polar surface area (TPSA) is 116 Å². The van der Waals surface area contributed by atoms with E-state index in [1.807, 2.05) is 170 Å². The highest BCUT2D eigenvalue weighted by Gasteiger charge is 2.18. The van der Waals surface area contributed by atoms with Crippen molar-refractivity contribution in [2.24, 2.45) is 0 Å². The molecule has 9 aromatic rings. The van der Waals surface area contributed by atoms with Gasteiger partial charge in [-0.2, -0.15) is 0 Å². The molecule has 57 heavy (non-hydrogen) atoms. The molecule has 9 nitrogen and oxygen atoms in total. The van der Waals surface area contributed by atoms with Crippen LogP contribution in [-0.4, -0.2) is 44.9 Å². The molecule has 3 aromatic heterocycles. The molecule has 0 saturated carbocycles. The van der Waals surface area contributed by atoms with Gasteiger partial charge in [-0.25, -0.2) is 44.9 Å². The third kappa shape index (κ3) is 7.67. The molecule has 9 rings (SSSR count). The van der Waals surface area contributed by atoms with Crippen LogP contribution in [0.2, 0.25) is 0 Å². The van der Waals surface area contributed by atoms with Gasteiger partial charge in [0.25, 0.3) is 0 Å². The Balaban J connectivity index is 1.15. The summed E-state index contributed by atoms with van der Waals surface area (Å²) in [5.74, 6) is 5.37. The van der Waals surface area contributed by atoms with Crippen molar-refractivity contribution in [1.29, 1.82) is 0 Å². The van der Waals surface area contributed by atoms with Gasteiger partial charge >= 0.3 is 0 Å². The van der Waals surface area contributed by atoms with E-state index < -0.39 is 0 Å². The Morgan fingerprint density at radius 3 is 0.719 bits per heavy atom. The highest BCUT2D eigenvalue weighted by molar-refractivity contribution is 5.74. The van der Waals surface area contributed by atoms with Crippen LogP contribution in [0.15, 0.2) is 170 Å². The van der Waals surface area contributed by atoms with Crippen LogP contribution in [0.5, 0.6) is 0 Å². The molecule has 9 heteroatoms. The number of rotatable bonds is 9. The molecule has 0 amide bonds. The molecule has 0 aliphatic rings. The van der Waals surface area contributed by atoms with Crippen LogP contribution in [0.25, 0.3) is 91.1 Å². The number of nitrogens with zero attached hydrogens (tertiary/aromatic N) is 9. The van der Waals surface area contributed by atoms with Gasteiger partial charge in [-0.15, -0.1) is 0 Å². The van der Waals surface area contributed by atoms with Gasteiger partial charge in [0.05, 0.1) is 0 Å². The number of benzene rings is 6. The minimum atomic E-state index is 0.111. The summed E-state index contributed by atoms with van der Waals surface area (Å²) in [6.07, 6.45) is 0. The minimum Gasteiger partial charge on any atom is -0.213 e. The third-order valence-electron chi connectivity index (χ3n) is 9.33. The maximum Gasteiger partial charge on any atom is 0.164 e. The second-order valence-electron chi connectivity index (χ2n) is 13.7. The summed E-state index contributed by atoms with van der Waals surface area (Å²) < 4.78 is 0. The molecule has 0 aliphatic heterocycles. The molecule has 0 fully saturated rings. The van der Waals surface area contributed by atoms with Crippen molar-refractivity contribution in [1.82, 2.24) is 44.9 Å². The monoisotopic (exact) mass is 737 g/mol. The molecule has 6 aromatic carbocycles. The van der Waals surface area contributed by atoms with E-state index in [-0.39, 0.29) is 5.92 Å². The second-order valence-corrected chi connectivity index (χ2v) is 13.7. The zero-order valence-electron chi connectivity index (χ0n) is 31.3. The molecule has 0 aliphatic carbocycles. The zero-order chi connectivity index (χ0) is 38.6. The lowest BCUT2D eigenvalue weighted by Crippen LogP contribution is -2.05. The van der Waals surface area contributed by atoms with Crippen LogP contribution in [0.3, 0.4) is 0 Å². The first kappa shape index (κ1) is 35.1. The SMILES string of the molecule is CC(C)c1nc(-c2ccccc2)nc(-c2cccc(-c3nc(-c4ccccc4)nc(-c4cccc(-c5nc(-c6ccccc6)nc(-c6ccccc6)n5)c4)n3)c2)n1. The van der Waals surface area contributed by atoms with Gasteiger partial charge in [-0.1, -0.05) is 172 Å². The zero-order valence-corrected chi connectivity index (χ0v) is 31.3. The Morgan fingerprint density at radius 2 is 0.456 bits per heavy atom. The summed E-state index contributed by atoms with van der Waals surface area (Å²) in [7, 11) is 0. The maximum atomic E-state index is 5.08. The van der Waals surface area contributed by atoms with Gasteiger partial charge in [0.1, 0.15) is 5.82 Å². The summed E-state index contributed by atoms with van der Waals surface area (Å²) in [5, 5.41) is 0. The van der Waals surface area contributed by atoms with Crippen molar-refractivity contribution < 1.29 is 0 Å². The van der Waals surface area contributed by atoms with Crippen LogP contribution in [-0.2, 0) is 0 Å². The fraction of sp³-hybridized carbons (Fsp3) is 0.0625. The molecule has 3 heterocycles. The Bertz CT molecular complexity index is 2760. The lowest BCUT2D eigenvalue weighted by molar-refractivity contribution is 0.766. The highest BCUT2D eigenvalue weighted by atomic mass is 15.1. The average molecular weight is 738 g/mol.